The van der Waals surface area contributed by atoms with Crippen molar-refractivity contribution in [2.24, 2.45) is 5.92 Å². The van der Waals surface area contributed by atoms with E-state index in [9.17, 15) is 9.59 Å². The first-order valence-electron chi connectivity index (χ1n) is 11.5. The van der Waals surface area contributed by atoms with Crippen molar-refractivity contribution in [3.8, 4) is 0 Å². The summed E-state index contributed by atoms with van der Waals surface area (Å²) in [5.74, 6) is 0.659. The lowest BCUT2D eigenvalue weighted by molar-refractivity contribution is -0.123. The maximum absolute atomic E-state index is 12.7. The van der Waals surface area contributed by atoms with Gasteiger partial charge in [0.15, 0.2) is 0 Å². The number of hydrogen-bond donors (Lipinski definition) is 2. The summed E-state index contributed by atoms with van der Waals surface area (Å²) in [7, 11) is 0. The maximum Gasteiger partial charge on any atom is 0.326 e. The van der Waals surface area contributed by atoms with E-state index in [1.54, 1.807) is 0 Å². The number of aromatic nitrogens is 2. The van der Waals surface area contributed by atoms with E-state index in [4.69, 9.17) is 0 Å². The molecule has 0 unspecified atom stereocenters. The fraction of sp³-hybridized carbons (Fsp3) is 0.440. The molecule has 0 radical (unpaired) electrons. The number of fused-ring (bicyclic) bond motifs is 1. The van der Waals surface area contributed by atoms with Gasteiger partial charge in [-0.25, -0.2) is 4.79 Å². The number of amides is 1. The Morgan fingerprint density at radius 3 is 2.64 bits per heavy atom. The van der Waals surface area contributed by atoms with Crippen LogP contribution in [0, 0.1) is 5.92 Å². The molecule has 1 aliphatic carbocycles. The second kappa shape index (κ2) is 10.0. The van der Waals surface area contributed by atoms with Crippen LogP contribution in [0.2, 0.25) is 0 Å². The summed E-state index contributed by atoms with van der Waals surface area (Å²) in [6.07, 6.45) is 2.81. The normalized spacial score (nSPS) is 22.0. The fourth-order valence-corrected chi connectivity index (χ4v) is 5.52. The number of rotatable bonds is 6. The van der Waals surface area contributed by atoms with Gasteiger partial charge in [-0.3, -0.25) is 9.36 Å². The molecule has 1 amide bonds. The summed E-state index contributed by atoms with van der Waals surface area (Å²) in [5.41, 5.74) is 3.07. The average Bonchev–Trinajstić information content (AvgIpc) is 3.52. The number of hydrogen-bond acceptors (Lipinski definition) is 3. The molecule has 2 N–H and O–H groups in total. The third kappa shape index (κ3) is 5.20. The highest BCUT2D eigenvalue weighted by molar-refractivity contribution is 9.10. The molecule has 5 rings (SSSR count). The smallest absolute Gasteiger partial charge is 0.326 e. The molecule has 2 aromatic carbocycles. The van der Waals surface area contributed by atoms with E-state index in [-0.39, 0.29) is 42.0 Å². The van der Waals surface area contributed by atoms with Crippen LogP contribution in [0.4, 0.5) is 0 Å². The van der Waals surface area contributed by atoms with Crippen LogP contribution in [0.15, 0.2) is 57.8 Å². The summed E-state index contributed by atoms with van der Waals surface area (Å²) in [5, 5.41) is 3.22. The SMILES string of the molecule is C[C@@H](CN1CCC(n2c(=O)[nH]c3cc(Br)ccc32)CC1)NC(=O)[C@@H]1C[C@H]1c1ccccc1.Cl. The van der Waals surface area contributed by atoms with Gasteiger partial charge in [-0.1, -0.05) is 46.3 Å². The second-order valence-electron chi connectivity index (χ2n) is 9.26. The van der Waals surface area contributed by atoms with E-state index < -0.39 is 0 Å². The molecule has 2 heterocycles. The summed E-state index contributed by atoms with van der Waals surface area (Å²) >= 11 is 3.47. The number of carbonyl (C=O) groups excluding carboxylic acids is 1. The second-order valence-corrected chi connectivity index (χ2v) is 10.2. The van der Waals surface area contributed by atoms with Gasteiger partial charge in [0.05, 0.1) is 11.0 Å². The third-order valence-electron chi connectivity index (χ3n) is 6.88. The molecule has 2 fully saturated rings. The lowest BCUT2D eigenvalue weighted by Crippen LogP contribution is -2.45. The zero-order valence-electron chi connectivity index (χ0n) is 18.7. The Balaban J connectivity index is 0.00000259. The molecule has 8 heteroatoms. The monoisotopic (exact) mass is 532 g/mol. The molecule has 33 heavy (non-hydrogen) atoms. The number of halogens is 2. The van der Waals surface area contributed by atoms with Crippen LogP contribution in [-0.4, -0.2) is 46.0 Å². The van der Waals surface area contributed by atoms with Crippen LogP contribution < -0.4 is 11.0 Å². The highest BCUT2D eigenvalue weighted by Gasteiger charge is 2.44. The van der Waals surface area contributed by atoms with Crippen LogP contribution in [0.25, 0.3) is 11.0 Å². The van der Waals surface area contributed by atoms with Crippen molar-refractivity contribution in [3.63, 3.8) is 0 Å². The van der Waals surface area contributed by atoms with E-state index >= 15 is 0 Å². The third-order valence-corrected chi connectivity index (χ3v) is 7.37. The largest absolute Gasteiger partial charge is 0.352 e. The number of aromatic amines is 1. The topological polar surface area (TPSA) is 70.1 Å². The van der Waals surface area contributed by atoms with Crippen LogP contribution in [0.1, 0.15) is 43.7 Å². The number of carbonyl (C=O) groups is 1. The molecule has 1 aliphatic heterocycles. The number of nitrogens with zero attached hydrogens (tertiary/aromatic N) is 2. The number of imidazole rings is 1. The zero-order chi connectivity index (χ0) is 22.2. The number of H-pyrrole nitrogens is 1. The van der Waals surface area contributed by atoms with Gasteiger partial charge < -0.3 is 15.2 Å². The summed E-state index contributed by atoms with van der Waals surface area (Å²) < 4.78 is 2.88. The number of piperidine rings is 1. The molecule has 6 nitrogen and oxygen atoms in total. The van der Waals surface area contributed by atoms with Gasteiger partial charge in [0.25, 0.3) is 0 Å². The Kier molecular flexibility index (Phi) is 7.31. The standard InChI is InChI=1S/C25H29BrN4O2.ClH/c1-16(27-24(31)21-14-20(21)17-5-3-2-4-6-17)15-29-11-9-19(10-12-29)30-23-8-7-18(26)13-22(23)28-25(30)32;/h2-8,13,16,19-21H,9-12,14-15H2,1H3,(H,27,31)(H,28,32);1H/t16-,20-,21+;/m0./s1. The number of nitrogens with one attached hydrogen (secondary N) is 2. The van der Waals surface area contributed by atoms with Gasteiger partial charge in [0, 0.05) is 42.1 Å². The maximum atomic E-state index is 12.7. The van der Waals surface area contributed by atoms with E-state index in [0.717, 1.165) is 54.4 Å². The Morgan fingerprint density at radius 1 is 1.18 bits per heavy atom. The molecule has 2 aliphatic rings. The van der Waals surface area contributed by atoms with Crippen molar-refractivity contribution in [1.82, 2.24) is 19.8 Å². The number of likely N-dealkylation sites (tertiary alicyclic amines) is 1. The lowest BCUT2D eigenvalue weighted by atomic mass is 10.0. The van der Waals surface area contributed by atoms with E-state index in [2.05, 4.69) is 50.2 Å². The molecule has 3 aromatic rings. The van der Waals surface area contributed by atoms with Crippen LogP contribution >= 0.6 is 28.3 Å². The van der Waals surface area contributed by atoms with Crippen molar-refractivity contribution < 1.29 is 4.79 Å². The van der Waals surface area contributed by atoms with Gasteiger partial charge in [-0.2, -0.15) is 0 Å². The molecular formula is C25H30BrClN4O2. The quantitative estimate of drug-likeness (QED) is 0.492. The van der Waals surface area contributed by atoms with Gasteiger partial charge >= 0.3 is 5.69 Å². The van der Waals surface area contributed by atoms with Gasteiger partial charge in [0.1, 0.15) is 0 Å². The first-order chi connectivity index (χ1) is 15.5. The van der Waals surface area contributed by atoms with Gasteiger partial charge in [-0.15, -0.1) is 12.4 Å². The van der Waals surface area contributed by atoms with Crippen molar-refractivity contribution in [2.45, 2.75) is 44.2 Å². The Labute approximate surface area is 208 Å². The van der Waals surface area contributed by atoms with Crippen molar-refractivity contribution in [3.05, 3.63) is 69.1 Å². The first-order valence-corrected chi connectivity index (χ1v) is 12.3. The predicted octanol–water partition coefficient (Wildman–Crippen LogP) is 4.46. The first kappa shape index (κ1) is 24.0. The molecule has 0 bridgehead atoms. The van der Waals surface area contributed by atoms with Crippen molar-refractivity contribution in [2.75, 3.05) is 19.6 Å². The van der Waals surface area contributed by atoms with Crippen LogP contribution in [-0.2, 0) is 4.79 Å². The minimum atomic E-state index is -0.0328. The minimum absolute atomic E-state index is 0. The minimum Gasteiger partial charge on any atom is -0.352 e. The van der Waals surface area contributed by atoms with Gasteiger partial charge in [-0.05, 0) is 55.9 Å². The lowest BCUT2D eigenvalue weighted by Gasteiger charge is -2.34. The fourth-order valence-electron chi connectivity index (χ4n) is 5.16. The van der Waals surface area contributed by atoms with Crippen LogP contribution in [0.5, 0.6) is 0 Å². The molecule has 1 aromatic heterocycles. The van der Waals surface area contributed by atoms with Crippen molar-refractivity contribution >= 4 is 45.3 Å². The summed E-state index contributed by atoms with van der Waals surface area (Å²) in [6.45, 7) is 4.79. The van der Waals surface area contributed by atoms with E-state index in [0.29, 0.717) is 5.92 Å². The molecule has 0 spiro atoms. The van der Waals surface area contributed by atoms with E-state index in [1.807, 2.05) is 41.0 Å². The summed E-state index contributed by atoms with van der Waals surface area (Å²) in [4.78, 5) is 30.6. The molecule has 3 atom stereocenters. The summed E-state index contributed by atoms with van der Waals surface area (Å²) in [6, 6.07) is 16.6. The Bertz CT molecular complexity index is 1170. The number of benzene rings is 2. The highest BCUT2D eigenvalue weighted by atomic mass is 79.9. The molecule has 1 saturated carbocycles. The Morgan fingerprint density at radius 2 is 1.91 bits per heavy atom. The molecule has 1 saturated heterocycles. The van der Waals surface area contributed by atoms with Crippen LogP contribution in [0.3, 0.4) is 0 Å². The average molecular weight is 534 g/mol. The zero-order valence-corrected chi connectivity index (χ0v) is 21.1. The highest BCUT2D eigenvalue weighted by Crippen LogP contribution is 2.47. The van der Waals surface area contributed by atoms with Gasteiger partial charge in [0.2, 0.25) is 5.91 Å². The van der Waals surface area contributed by atoms with Crippen molar-refractivity contribution in [1.29, 1.82) is 0 Å². The molecular weight excluding hydrogens is 504 g/mol. The van der Waals surface area contributed by atoms with E-state index in [1.165, 1.54) is 5.56 Å². The predicted molar refractivity (Wildman–Crippen MR) is 137 cm³/mol. The molecule has 176 valence electrons. The Hall–Kier alpha value is -2.09.